The molecule has 700 valence electrons. The Hall–Kier alpha value is -19.5. The van der Waals surface area contributed by atoms with Crippen LogP contribution in [0.2, 0.25) is 0 Å². The number of benzene rings is 20. The van der Waals surface area contributed by atoms with Crippen LogP contribution >= 0.6 is 34.0 Å². The minimum atomic E-state index is 0.522. The number of nitrogens with zero attached hydrogens (tertiary/aromatic N) is 15. The first kappa shape index (κ1) is 87.1. The van der Waals surface area contributed by atoms with Crippen LogP contribution in [-0.4, -0.2) is 73.5 Å². The maximum absolute atomic E-state index is 5.66. The first-order valence-corrected chi connectivity index (χ1v) is 52.2. The summed E-state index contributed by atoms with van der Waals surface area (Å²) >= 11 is 5.29. The lowest BCUT2D eigenvalue weighted by atomic mass is 9.95. The van der Waals surface area contributed by atoms with Crippen LogP contribution in [0.5, 0.6) is 0 Å². The Balaban J connectivity index is 0.564. The molecule has 0 aliphatic rings. The fourth-order valence-electron chi connectivity index (χ4n) is 21.2. The van der Waals surface area contributed by atoms with Crippen molar-refractivity contribution in [2.24, 2.45) is 0 Å². The van der Waals surface area contributed by atoms with Crippen molar-refractivity contribution in [2.75, 3.05) is 0 Å². The number of hydrogen-bond acceptors (Lipinski definition) is 15. The molecule has 0 N–H and O–H groups in total. The number of imidazole rings is 3. The van der Waals surface area contributed by atoms with E-state index >= 15 is 0 Å². The fourth-order valence-corrected chi connectivity index (χ4v) is 24.8. The zero-order valence-electron chi connectivity index (χ0n) is 80.0. The van der Waals surface area contributed by atoms with E-state index in [9.17, 15) is 0 Å². The highest BCUT2D eigenvalue weighted by atomic mass is 32.1. The Kier molecular flexibility index (Phi) is 21.1. The number of fused-ring (bicyclic) bond motifs is 12. The van der Waals surface area contributed by atoms with Gasteiger partial charge in [0.2, 0.25) is 0 Å². The van der Waals surface area contributed by atoms with E-state index in [1.807, 2.05) is 66.7 Å². The zero-order valence-corrected chi connectivity index (χ0v) is 82.5. The second-order valence-electron chi connectivity index (χ2n) is 37.3. The zero-order chi connectivity index (χ0) is 98.8. The molecule has 9 heterocycles. The highest BCUT2D eigenvalue weighted by Crippen LogP contribution is 2.52. The Bertz CT molecular complexity index is 10400. The normalized spacial score (nSPS) is 11.7. The van der Waals surface area contributed by atoms with E-state index in [2.05, 4.69) is 426 Å². The Morgan fingerprint density at radius 2 is 0.407 bits per heavy atom. The van der Waals surface area contributed by atoms with Crippen molar-refractivity contribution in [3.8, 4) is 198 Å². The van der Waals surface area contributed by atoms with Gasteiger partial charge in [0, 0.05) is 144 Å². The molecule has 0 unspecified atom stereocenters. The van der Waals surface area contributed by atoms with Crippen LogP contribution in [0.3, 0.4) is 0 Å². The summed E-state index contributed by atoms with van der Waals surface area (Å²) in [5.41, 5.74) is 27.9. The molecule has 29 aromatic rings. The largest absolute Gasteiger partial charge is 0.292 e. The molecule has 18 heteroatoms. The van der Waals surface area contributed by atoms with Gasteiger partial charge in [-0.15, -0.1) is 34.0 Å². The number of rotatable bonds is 19. The van der Waals surface area contributed by atoms with Gasteiger partial charge in [-0.1, -0.05) is 315 Å². The molecule has 0 saturated heterocycles. The molecule has 0 fully saturated rings. The lowest BCUT2D eigenvalue weighted by Crippen LogP contribution is -2.01. The molecule has 0 amide bonds. The molecule has 0 radical (unpaired) electrons. The Labute approximate surface area is 871 Å². The topological polar surface area (TPSA) is 169 Å². The maximum Gasteiger partial charge on any atom is 0.164 e. The molecule has 0 spiro atoms. The molecular formula is C132H79N15S3. The average molecular weight is 1970 g/mol. The van der Waals surface area contributed by atoms with Gasteiger partial charge in [0.1, 0.15) is 17.5 Å². The monoisotopic (exact) mass is 1970 g/mol. The fraction of sp³-hybridized carbons (Fsp3) is 0. The second kappa shape index (κ2) is 36.4. The average Bonchev–Trinajstić information content (AvgIpc) is 1.61. The predicted molar refractivity (Wildman–Crippen MR) is 616 cm³/mol. The van der Waals surface area contributed by atoms with Crippen molar-refractivity contribution in [2.45, 2.75) is 0 Å². The van der Waals surface area contributed by atoms with Gasteiger partial charge < -0.3 is 0 Å². The van der Waals surface area contributed by atoms with E-state index in [-0.39, 0.29) is 0 Å². The molecule has 15 nitrogen and oxygen atoms in total. The van der Waals surface area contributed by atoms with Gasteiger partial charge in [-0.3, -0.25) is 13.7 Å². The van der Waals surface area contributed by atoms with E-state index in [0.29, 0.717) is 52.4 Å². The Morgan fingerprint density at radius 1 is 0.147 bits per heavy atom. The highest BCUT2D eigenvalue weighted by molar-refractivity contribution is 7.27. The maximum atomic E-state index is 5.66. The van der Waals surface area contributed by atoms with E-state index in [0.717, 1.165) is 239 Å². The summed E-state index contributed by atoms with van der Waals surface area (Å²) in [4.78, 5) is 65.5. The summed E-state index contributed by atoms with van der Waals surface area (Å²) in [5, 5.41) is 6.27. The lowest BCUT2D eigenvalue weighted by Gasteiger charge is -2.13. The van der Waals surface area contributed by atoms with Crippen molar-refractivity contribution < 1.29 is 0 Å². The third-order valence-electron chi connectivity index (χ3n) is 28.3. The summed E-state index contributed by atoms with van der Waals surface area (Å²) in [6.07, 6.45) is 0. The van der Waals surface area contributed by atoms with Crippen LogP contribution < -0.4 is 0 Å². The molecule has 0 bridgehead atoms. The predicted octanol–water partition coefficient (Wildman–Crippen LogP) is 34.0. The summed E-state index contributed by atoms with van der Waals surface area (Å²) in [7, 11) is 0. The van der Waals surface area contributed by atoms with E-state index in [1.165, 1.54) is 0 Å². The van der Waals surface area contributed by atoms with Gasteiger partial charge >= 0.3 is 0 Å². The summed E-state index contributed by atoms with van der Waals surface area (Å²) in [6, 6.07) is 168. The second-order valence-corrected chi connectivity index (χ2v) is 40.5. The van der Waals surface area contributed by atoms with Crippen LogP contribution in [0.1, 0.15) is 0 Å². The standard InChI is InChI=1S/C132H79N15S3/c1-8-32-80(33-9-1)87-41-29-44-90(75-87)125-137-123(84-38-14-4-15-39-84)141-129(144-125)102-69-67-98(119-118(102)105-79-94(65-72-113(105)149-119)132-135-108-55-24-27-58-111(108)147(132)97-50-20-7-21-51-97)88-42-28-40-86(74-88)81-60-62-85(63-61-81)124-136-121(82-34-10-2-11-35-82)140-128(142-124)101-70-68-99(120-117(101)104-78-93(66-73-114(104)150-120)131-134-107-54-23-26-57-110(107)146(131)96-48-18-6-19-49-96)89-43-30-45-91(76-89)126-138-122(83-36-12-3-13-37-83)139-127(143-126)100-52-31-59-115-116(100)103-77-92(64-71-112(103)148-115)130-133-106-53-22-25-56-109(106)145(130)95-46-16-5-17-47-95/h1-79H. The molecule has 9 aromatic heterocycles. The molecular weight excluding hydrogens is 1890 g/mol. The molecule has 29 rings (SSSR count). The summed E-state index contributed by atoms with van der Waals surface area (Å²) < 4.78 is 13.4. The summed E-state index contributed by atoms with van der Waals surface area (Å²) in [6.45, 7) is 0. The van der Waals surface area contributed by atoms with Crippen molar-refractivity contribution in [3.05, 3.63) is 479 Å². The first-order valence-electron chi connectivity index (χ1n) is 49.8. The van der Waals surface area contributed by atoms with Gasteiger partial charge in [0.25, 0.3) is 0 Å². The molecule has 0 aliphatic heterocycles. The van der Waals surface area contributed by atoms with Gasteiger partial charge in [0.05, 0.1) is 33.1 Å². The number of aromatic nitrogens is 15. The van der Waals surface area contributed by atoms with Crippen molar-refractivity contribution in [1.29, 1.82) is 0 Å². The number of hydrogen-bond donors (Lipinski definition) is 0. The van der Waals surface area contributed by atoms with Gasteiger partial charge in [0.15, 0.2) is 52.4 Å². The number of para-hydroxylation sites is 9. The highest BCUT2D eigenvalue weighted by Gasteiger charge is 2.29. The quantitative estimate of drug-likeness (QED) is 0.0752. The van der Waals surface area contributed by atoms with Crippen LogP contribution in [0.25, 0.3) is 292 Å². The SMILES string of the molecule is c1ccc(-c2cccc(-c3nc(-c4ccccc4)nc(-c4ccc(-c5cccc(-c6ccc(-c7nc(-c8ccccc8)nc(-c8ccc(-c9cccc(-c%10nc(-c%11ccccc%11)nc(-c%11cccc%12sc%13ccc(-c%14nc%15ccccc%15n%14-c%14ccccc%14)cc%13c%11%12)n%10)c9)c9sc%10ccc(-c%11nc%12ccccc%12n%11-c%11ccccc%11)cc%10c89)n7)cc6)c5)c5sc6ccc(-c7nc8ccccc8n7-c7ccccc7)cc6c45)n3)c2)cc1. The lowest BCUT2D eigenvalue weighted by molar-refractivity contribution is 1.08. The molecule has 150 heavy (non-hydrogen) atoms. The minimum absolute atomic E-state index is 0.522. The van der Waals surface area contributed by atoms with E-state index < -0.39 is 0 Å². The Morgan fingerprint density at radius 3 is 0.800 bits per heavy atom. The number of thiophene rings is 3. The molecule has 20 aromatic carbocycles. The summed E-state index contributed by atoms with van der Waals surface area (Å²) in [5.74, 6) is 7.48. The molecule has 0 aliphatic carbocycles. The van der Waals surface area contributed by atoms with E-state index in [1.54, 1.807) is 34.0 Å². The van der Waals surface area contributed by atoms with E-state index in [4.69, 9.17) is 59.8 Å². The minimum Gasteiger partial charge on any atom is -0.292 e. The third kappa shape index (κ3) is 15.4. The van der Waals surface area contributed by atoms with Gasteiger partial charge in [-0.2, -0.15) is 0 Å². The third-order valence-corrected chi connectivity index (χ3v) is 31.8. The van der Waals surface area contributed by atoms with Crippen LogP contribution in [-0.2, 0) is 0 Å². The van der Waals surface area contributed by atoms with Crippen molar-refractivity contribution in [1.82, 2.24) is 73.5 Å². The molecule has 0 atom stereocenters. The van der Waals surface area contributed by atoms with Gasteiger partial charge in [-0.25, -0.2) is 59.8 Å². The molecule has 0 saturated carbocycles. The van der Waals surface area contributed by atoms with Crippen molar-refractivity contribution in [3.63, 3.8) is 0 Å². The van der Waals surface area contributed by atoms with Crippen LogP contribution in [0.15, 0.2) is 479 Å². The van der Waals surface area contributed by atoms with Gasteiger partial charge in [-0.05, 0) is 208 Å². The van der Waals surface area contributed by atoms with Crippen molar-refractivity contribution >= 4 is 128 Å². The van der Waals surface area contributed by atoms with Crippen LogP contribution in [0.4, 0.5) is 0 Å². The smallest absolute Gasteiger partial charge is 0.164 e. The van der Waals surface area contributed by atoms with Crippen LogP contribution in [0, 0.1) is 0 Å². The first-order chi connectivity index (χ1) is 74.3.